The molecule has 0 fully saturated rings. The molecule has 0 saturated heterocycles. The molecule has 3 aromatic rings. The van der Waals surface area contributed by atoms with Gasteiger partial charge in [-0.3, -0.25) is 4.79 Å². The smallest absolute Gasteiger partial charge is 0.319 e. The number of rotatable bonds is 8. The molecule has 3 aromatic carbocycles. The van der Waals surface area contributed by atoms with E-state index in [-0.39, 0.29) is 17.8 Å². The number of amides is 3. The maximum Gasteiger partial charge on any atom is 0.319 e. The van der Waals surface area contributed by atoms with E-state index in [1.165, 1.54) is 12.1 Å². The monoisotopic (exact) mass is 437 g/mol. The molecule has 0 aliphatic heterocycles. The lowest BCUT2D eigenvalue weighted by Gasteiger charge is -2.17. The van der Waals surface area contributed by atoms with Gasteiger partial charge >= 0.3 is 6.03 Å². The Morgan fingerprint density at radius 3 is 2.45 bits per heavy atom. The number of hydrogen-bond donors (Lipinski definition) is 2. The fourth-order valence-corrected chi connectivity index (χ4v) is 3.72. The second-order valence-corrected chi connectivity index (χ2v) is 7.99. The zero-order valence-electron chi connectivity index (χ0n) is 17.2. The molecular weight excluding hydrogens is 413 g/mol. The number of nitrogens with one attached hydrogen (secondary N) is 2. The number of para-hydroxylation sites is 1. The van der Waals surface area contributed by atoms with Crippen molar-refractivity contribution in [1.82, 2.24) is 5.32 Å². The van der Waals surface area contributed by atoms with Crippen molar-refractivity contribution in [3.8, 4) is 0 Å². The molecule has 2 N–H and O–H groups in total. The quantitative estimate of drug-likeness (QED) is 0.366. The molecule has 160 valence electrons. The number of thioether (sulfide) groups is 1. The number of carbonyl (C=O) groups is 2. The van der Waals surface area contributed by atoms with Gasteiger partial charge in [0.2, 0.25) is 0 Å². The molecule has 31 heavy (non-hydrogen) atoms. The van der Waals surface area contributed by atoms with Crippen LogP contribution in [0.25, 0.3) is 0 Å². The second-order valence-electron chi connectivity index (χ2n) is 6.82. The summed E-state index contributed by atoms with van der Waals surface area (Å²) in [5.41, 5.74) is 1.83. The Hall–Kier alpha value is -3.32. The number of carbonyl (C=O) groups excluding carboxylic acids is 2. The standard InChI is InChI=1S/C24H24FN3O2S/c1-28(21-9-3-2-4-10-21)23(29)18-7-5-8-20(17-18)27-24(30)26-15-6-16-31-22-13-11-19(25)12-14-22/h2-5,7-14,17H,6,15-16H2,1H3,(H2,26,27,30). The third-order valence-electron chi connectivity index (χ3n) is 4.50. The van der Waals surface area contributed by atoms with Gasteiger partial charge in [0.15, 0.2) is 0 Å². The average molecular weight is 438 g/mol. The Morgan fingerprint density at radius 1 is 0.968 bits per heavy atom. The highest BCUT2D eigenvalue weighted by molar-refractivity contribution is 7.99. The molecule has 0 bridgehead atoms. The number of halogens is 1. The van der Waals surface area contributed by atoms with Gasteiger partial charge in [-0.2, -0.15) is 0 Å². The molecule has 0 aromatic heterocycles. The summed E-state index contributed by atoms with van der Waals surface area (Å²) in [5.74, 6) is 0.398. The molecule has 5 nitrogen and oxygen atoms in total. The first-order valence-electron chi connectivity index (χ1n) is 9.89. The number of anilines is 2. The van der Waals surface area contributed by atoms with E-state index in [9.17, 15) is 14.0 Å². The summed E-state index contributed by atoms with van der Waals surface area (Å²) in [6.07, 6.45) is 0.774. The fourth-order valence-electron chi connectivity index (χ4n) is 2.86. The molecule has 0 aliphatic carbocycles. The van der Waals surface area contributed by atoms with E-state index in [4.69, 9.17) is 0 Å². The van der Waals surface area contributed by atoms with Crippen LogP contribution in [-0.2, 0) is 0 Å². The van der Waals surface area contributed by atoms with Crippen molar-refractivity contribution in [3.63, 3.8) is 0 Å². The Labute approximate surface area is 185 Å². The van der Waals surface area contributed by atoms with Crippen molar-refractivity contribution in [3.05, 3.63) is 90.2 Å². The van der Waals surface area contributed by atoms with Crippen LogP contribution in [0, 0.1) is 5.82 Å². The van der Waals surface area contributed by atoms with Crippen LogP contribution in [0.5, 0.6) is 0 Å². The van der Waals surface area contributed by atoms with E-state index in [1.54, 1.807) is 60.1 Å². The van der Waals surface area contributed by atoms with Gasteiger partial charge < -0.3 is 15.5 Å². The van der Waals surface area contributed by atoms with E-state index in [0.29, 0.717) is 17.8 Å². The highest BCUT2D eigenvalue weighted by Crippen LogP contribution is 2.19. The first-order chi connectivity index (χ1) is 15.0. The Morgan fingerprint density at radius 2 is 1.71 bits per heavy atom. The molecular formula is C24H24FN3O2S. The molecule has 0 radical (unpaired) electrons. The van der Waals surface area contributed by atoms with Gasteiger partial charge in [0.1, 0.15) is 5.82 Å². The lowest BCUT2D eigenvalue weighted by molar-refractivity contribution is 0.0993. The van der Waals surface area contributed by atoms with Gasteiger partial charge in [-0.15, -0.1) is 11.8 Å². The van der Waals surface area contributed by atoms with Gasteiger partial charge in [0.25, 0.3) is 5.91 Å². The third kappa shape index (κ3) is 6.86. The van der Waals surface area contributed by atoms with Crippen molar-refractivity contribution in [2.75, 3.05) is 29.6 Å². The summed E-state index contributed by atoms with van der Waals surface area (Å²) in [5, 5.41) is 5.57. The van der Waals surface area contributed by atoms with Crippen LogP contribution >= 0.6 is 11.8 Å². The summed E-state index contributed by atoms with van der Waals surface area (Å²) in [7, 11) is 1.72. The van der Waals surface area contributed by atoms with Crippen molar-refractivity contribution in [1.29, 1.82) is 0 Å². The fraction of sp³-hybridized carbons (Fsp3) is 0.167. The van der Waals surface area contributed by atoms with E-state index in [0.717, 1.165) is 22.8 Å². The minimum atomic E-state index is -0.326. The first kappa shape index (κ1) is 22.4. The maximum atomic E-state index is 12.9. The predicted molar refractivity (Wildman–Crippen MR) is 124 cm³/mol. The van der Waals surface area contributed by atoms with Gasteiger partial charge in [-0.05, 0) is 66.8 Å². The van der Waals surface area contributed by atoms with E-state index < -0.39 is 0 Å². The summed E-state index contributed by atoms with van der Waals surface area (Å²) in [6.45, 7) is 0.509. The second kappa shape index (κ2) is 11.2. The van der Waals surface area contributed by atoms with Crippen LogP contribution in [0.4, 0.5) is 20.6 Å². The summed E-state index contributed by atoms with van der Waals surface area (Å²) >= 11 is 1.61. The van der Waals surface area contributed by atoms with Gasteiger partial charge in [0.05, 0.1) is 0 Å². The van der Waals surface area contributed by atoms with Crippen LogP contribution in [0.15, 0.2) is 83.8 Å². The molecule has 0 spiro atoms. The maximum absolute atomic E-state index is 12.9. The van der Waals surface area contributed by atoms with Crippen LogP contribution in [0.2, 0.25) is 0 Å². The number of nitrogens with zero attached hydrogens (tertiary/aromatic N) is 1. The highest BCUT2D eigenvalue weighted by atomic mass is 32.2. The van der Waals surface area contributed by atoms with Crippen LogP contribution in [0.1, 0.15) is 16.8 Å². The summed E-state index contributed by atoms with van der Waals surface area (Å²) in [4.78, 5) is 27.5. The van der Waals surface area contributed by atoms with E-state index in [2.05, 4.69) is 10.6 Å². The number of hydrogen-bond acceptors (Lipinski definition) is 3. The van der Waals surface area contributed by atoms with Crippen molar-refractivity contribution in [2.45, 2.75) is 11.3 Å². The normalized spacial score (nSPS) is 10.4. The van der Waals surface area contributed by atoms with Crippen molar-refractivity contribution >= 4 is 35.1 Å². The predicted octanol–water partition coefficient (Wildman–Crippen LogP) is 5.41. The average Bonchev–Trinajstić information content (AvgIpc) is 2.80. The SMILES string of the molecule is CN(C(=O)c1cccc(NC(=O)NCCCSc2ccc(F)cc2)c1)c1ccccc1. The zero-order chi connectivity index (χ0) is 22.1. The van der Waals surface area contributed by atoms with Gasteiger partial charge in [-0.1, -0.05) is 24.3 Å². The lowest BCUT2D eigenvalue weighted by atomic mass is 10.1. The molecule has 0 atom stereocenters. The Balaban J connectivity index is 1.45. The first-order valence-corrected chi connectivity index (χ1v) is 10.9. The highest BCUT2D eigenvalue weighted by Gasteiger charge is 2.14. The van der Waals surface area contributed by atoms with Crippen molar-refractivity contribution < 1.29 is 14.0 Å². The molecule has 7 heteroatoms. The van der Waals surface area contributed by atoms with Crippen LogP contribution in [-0.4, -0.2) is 31.3 Å². The molecule has 0 unspecified atom stereocenters. The minimum absolute atomic E-state index is 0.159. The van der Waals surface area contributed by atoms with Crippen molar-refractivity contribution in [2.24, 2.45) is 0 Å². The van der Waals surface area contributed by atoms with Gasteiger partial charge in [0, 0.05) is 35.4 Å². The largest absolute Gasteiger partial charge is 0.338 e. The zero-order valence-corrected chi connectivity index (χ0v) is 18.0. The van der Waals surface area contributed by atoms with Crippen LogP contribution < -0.4 is 15.5 Å². The van der Waals surface area contributed by atoms with E-state index >= 15 is 0 Å². The lowest BCUT2D eigenvalue weighted by Crippen LogP contribution is -2.30. The summed E-state index contributed by atoms with van der Waals surface area (Å²) < 4.78 is 12.9. The molecule has 0 saturated carbocycles. The topological polar surface area (TPSA) is 61.4 Å². The summed E-state index contributed by atoms with van der Waals surface area (Å²) in [6, 6.07) is 22.2. The molecule has 3 amide bonds. The number of urea groups is 1. The van der Waals surface area contributed by atoms with E-state index in [1.807, 2.05) is 30.3 Å². The Bertz CT molecular complexity index is 1010. The van der Waals surface area contributed by atoms with Gasteiger partial charge in [-0.25, -0.2) is 9.18 Å². The number of benzene rings is 3. The Kier molecular flexibility index (Phi) is 8.06. The molecule has 0 aliphatic rings. The molecule has 0 heterocycles. The molecule has 3 rings (SSSR count). The third-order valence-corrected chi connectivity index (χ3v) is 5.60. The van der Waals surface area contributed by atoms with Crippen LogP contribution in [0.3, 0.4) is 0 Å². The minimum Gasteiger partial charge on any atom is -0.338 e.